The molecule has 1 heterocycles. The standard InChI is InChI=1S/C18H15Cl2N3O5S/c1-10-16(17(24)23(22(10)2)12-6-4-3-5-7-12)21-29(27,28)14-9-11(18(25)26)8-13(19)15(14)20/h3-9,21H,1-2H3,(H,25,26). The van der Waals surface area contributed by atoms with Crippen molar-refractivity contribution >= 4 is 44.9 Å². The van der Waals surface area contributed by atoms with Gasteiger partial charge in [-0.2, -0.15) is 0 Å². The van der Waals surface area contributed by atoms with Gasteiger partial charge in [-0.25, -0.2) is 17.9 Å². The van der Waals surface area contributed by atoms with Gasteiger partial charge in [-0.05, 0) is 31.2 Å². The van der Waals surface area contributed by atoms with Crippen molar-refractivity contribution in [3.63, 3.8) is 0 Å². The van der Waals surface area contributed by atoms with Gasteiger partial charge in [0, 0.05) is 7.05 Å². The van der Waals surface area contributed by atoms with Crippen molar-refractivity contribution in [1.29, 1.82) is 0 Å². The van der Waals surface area contributed by atoms with Gasteiger partial charge >= 0.3 is 5.97 Å². The summed E-state index contributed by atoms with van der Waals surface area (Å²) in [6.45, 7) is 1.57. The van der Waals surface area contributed by atoms with Crippen molar-refractivity contribution in [3.8, 4) is 5.69 Å². The average Bonchev–Trinajstić information content (AvgIpc) is 2.87. The minimum Gasteiger partial charge on any atom is -0.478 e. The van der Waals surface area contributed by atoms with Gasteiger partial charge < -0.3 is 5.11 Å². The van der Waals surface area contributed by atoms with Crippen LogP contribution in [0.5, 0.6) is 0 Å². The molecular weight excluding hydrogens is 441 g/mol. The smallest absolute Gasteiger partial charge is 0.335 e. The van der Waals surface area contributed by atoms with E-state index in [1.54, 1.807) is 44.3 Å². The van der Waals surface area contributed by atoms with Crippen LogP contribution in [0.25, 0.3) is 5.69 Å². The summed E-state index contributed by atoms with van der Waals surface area (Å²) in [5, 5.41) is 8.58. The molecule has 0 bridgehead atoms. The lowest BCUT2D eigenvalue weighted by Gasteiger charge is -2.10. The normalized spacial score (nSPS) is 11.4. The Kier molecular flexibility index (Phi) is 5.48. The Bertz CT molecular complexity index is 1280. The number of aromatic nitrogens is 2. The lowest BCUT2D eigenvalue weighted by Crippen LogP contribution is -2.23. The summed E-state index contributed by atoms with van der Waals surface area (Å²) < 4.78 is 30.8. The molecule has 0 amide bonds. The number of anilines is 1. The van der Waals surface area contributed by atoms with Crippen molar-refractivity contribution in [1.82, 2.24) is 9.36 Å². The molecule has 0 unspecified atom stereocenters. The summed E-state index contributed by atoms with van der Waals surface area (Å²) in [6, 6.07) is 10.6. The summed E-state index contributed by atoms with van der Waals surface area (Å²) >= 11 is 11.9. The summed E-state index contributed by atoms with van der Waals surface area (Å²) in [5.74, 6) is -1.37. The second-order valence-electron chi connectivity index (χ2n) is 6.12. The first-order chi connectivity index (χ1) is 13.5. The molecule has 8 nitrogen and oxygen atoms in total. The van der Waals surface area contributed by atoms with Gasteiger partial charge in [0.2, 0.25) is 0 Å². The van der Waals surface area contributed by atoms with Crippen molar-refractivity contribution in [2.75, 3.05) is 4.72 Å². The highest BCUT2D eigenvalue weighted by molar-refractivity contribution is 7.92. The Hall–Kier alpha value is -2.75. The molecule has 0 aliphatic carbocycles. The summed E-state index contributed by atoms with van der Waals surface area (Å²) in [4.78, 5) is 23.6. The predicted molar refractivity (Wildman–Crippen MR) is 110 cm³/mol. The van der Waals surface area contributed by atoms with Gasteiger partial charge in [0.05, 0.1) is 27.0 Å². The highest BCUT2D eigenvalue weighted by Crippen LogP contribution is 2.32. The lowest BCUT2D eigenvalue weighted by molar-refractivity contribution is 0.0696. The fourth-order valence-electron chi connectivity index (χ4n) is 2.76. The third kappa shape index (κ3) is 3.76. The van der Waals surface area contributed by atoms with E-state index in [2.05, 4.69) is 4.72 Å². The molecule has 152 valence electrons. The number of halogens is 2. The van der Waals surface area contributed by atoms with Crippen molar-refractivity contribution in [3.05, 3.63) is 74.1 Å². The molecule has 0 fully saturated rings. The Labute approximate surface area is 175 Å². The first-order valence-corrected chi connectivity index (χ1v) is 10.4. The molecule has 0 spiro atoms. The number of carbonyl (C=O) groups is 1. The number of carboxylic acids is 1. The summed E-state index contributed by atoms with van der Waals surface area (Å²) in [7, 11) is -2.80. The highest BCUT2D eigenvalue weighted by Gasteiger charge is 2.26. The summed E-state index contributed by atoms with van der Waals surface area (Å²) in [6.07, 6.45) is 0. The first-order valence-electron chi connectivity index (χ1n) is 8.13. The van der Waals surface area contributed by atoms with Crippen LogP contribution in [0, 0.1) is 6.92 Å². The SMILES string of the molecule is Cc1c(NS(=O)(=O)c2cc(C(=O)O)cc(Cl)c2Cl)c(=O)n(-c2ccccc2)n1C. The number of para-hydroxylation sites is 1. The molecule has 0 radical (unpaired) electrons. The van der Waals surface area contributed by atoms with E-state index in [9.17, 15) is 18.0 Å². The van der Waals surface area contributed by atoms with Crippen molar-refractivity contribution in [2.45, 2.75) is 11.8 Å². The van der Waals surface area contributed by atoms with Gasteiger partial charge in [0.1, 0.15) is 10.6 Å². The van der Waals surface area contributed by atoms with Crippen LogP contribution in [0.4, 0.5) is 5.69 Å². The average molecular weight is 456 g/mol. The minimum absolute atomic E-state index is 0.190. The zero-order valence-electron chi connectivity index (χ0n) is 15.2. The molecule has 2 N–H and O–H groups in total. The van der Waals surface area contributed by atoms with E-state index in [-0.39, 0.29) is 21.3 Å². The third-order valence-corrected chi connectivity index (χ3v) is 6.61. The van der Waals surface area contributed by atoms with Gasteiger partial charge in [0.15, 0.2) is 0 Å². The van der Waals surface area contributed by atoms with Crippen LogP contribution in [0.2, 0.25) is 10.0 Å². The maximum atomic E-state index is 12.9. The van der Waals surface area contributed by atoms with Crippen LogP contribution >= 0.6 is 23.2 Å². The number of aromatic carboxylic acids is 1. The van der Waals surface area contributed by atoms with E-state index < -0.39 is 26.4 Å². The Morgan fingerprint density at radius 2 is 1.76 bits per heavy atom. The van der Waals surface area contributed by atoms with E-state index in [1.807, 2.05) is 0 Å². The molecular formula is C18H15Cl2N3O5S. The molecule has 1 aromatic heterocycles. The molecule has 3 rings (SSSR count). The van der Waals surface area contributed by atoms with Crippen LogP contribution in [0.1, 0.15) is 16.1 Å². The Morgan fingerprint density at radius 1 is 1.14 bits per heavy atom. The molecule has 11 heteroatoms. The van der Waals surface area contributed by atoms with Gasteiger partial charge in [-0.15, -0.1) is 0 Å². The van der Waals surface area contributed by atoms with E-state index in [0.29, 0.717) is 11.4 Å². The van der Waals surface area contributed by atoms with Gasteiger partial charge in [0.25, 0.3) is 15.6 Å². The molecule has 0 saturated carbocycles. The molecule has 3 aromatic rings. The van der Waals surface area contributed by atoms with E-state index in [1.165, 1.54) is 9.36 Å². The van der Waals surface area contributed by atoms with E-state index in [4.69, 9.17) is 28.3 Å². The van der Waals surface area contributed by atoms with Crippen molar-refractivity contribution in [2.24, 2.45) is 7.05 Å². The minimum atomic E-state index is -4.41. The third-order valence-electron chi connectivity index (χ3n) is 4.32. The Morgan fingerprint density at radius 3 is 2.34 bits per heavy atom. The molecule has 0 aliphatic heterocycles. The number of sulfonamides is 1. The van der Waals surface area contributed by atoms with Gasteiger partial charge in [-0.1, -0.05) is 41.4 Å². The second-order valence-corrected chi connectivity index (χ2v) is 8.55. The number of carboxylic acid groups (broad SMARTS) is 1. The number of nitrogens with one attached hydrogen (secondary N) is 1. The van der Waals surface area contributed by atoms with Crippen LogP contribution in [-0.4, -0.2) is 28.9 Å². The number of rotatable bonds is 5. The number of hydrogen-bond acceptors (Lipinski definition) is 4. The topological polar surface area (TPSA) is 110 Å². The largest absolute Gasteiger partial charge is 0.478 e. The van der Waals surface area contributed by atoms with Gasteiger partial charge in [-0.3, -0.25) is 14.2 Å². The highest BCUT2D eigenvalue weighted by atomic mass is 35.5. The quantitative estimate of drug-likeness (QED) is 0.612. The lowest BCUT2D eigenvalue weighted by atomic mass is 10.2. The van der Waals surface area contributed by atoms with E-state index >= 15 is 0 Å². The monoisotopic (exact) mass is 455 g/mol. The predicted octanol–water partition coefficient (Wildman–Crippen LogP) is 3.29. The number of hydrogen-bond donors (Lipinski definition) is 2. The maximum absolute atomic E-state index is 12.9. The van der Waals surface area contributed by atoms with Crippen LogP contribution in [0.3, 0.4) is 0 Å². The fourth-order valence-corrected chi connectivity index (χ4v) is 4.69. The molecule has 2 aromatic carbocycles. The molecule has 0 saturated heterocycles. The van der Waals surface area contributed by atoms with Crippen LogP contribution in [-0.2, 0) is 17.1 Å². The first kappa shape index (κ1) is 21.0. The summed E-state index contributed by atoms with van der Waals surface area (Å²) in [5.41, 5.74) is -0.256. The molecule has 0 atom stereocenters. The maximum Gasteiger partial charge on any atom is 0.335 e. The number of benzene rings is 2. The molecule has 29 heavy (non-hydrogen) atoms. The van der Waals surface area contributed by atoms with Crippen LogP contribution < -0.4 is 10.3 Å². The van der Waals surface area contributed by atoms with E-state index in [0.717, 1.165) is 12.1 Å². The number of nitrogens with zero attached hydrogens (tertiary/aromatic N) is 2. The zero-order chi connectivity index (χ0) is 21.5. The Balaban J connectivity index is 2.14. The zero-order valence-corrected chi connectivity index (χ0v) is 17.5. The molecule has 0 aliphatic rings. The fraction of sp³-hybridized carbons (Fsp3) is 0.111. The van der Waals surface area contributed by atoms with Crippen molar-refractivity contribution < 1.29 is 18.3 Å². The second kappa shape index (κ2) is 7.58. The van der Waals surface area contributed by atoms with Crippen LogP contribution in [0.15, 0.2) is 52.2 Å².